The second-order valence-electron chi connectivity index (χ2n) is 4.92. The van der Waals surface area contributed by atoms with Gasteiger partial charge in [-0.3, -0.25) is 0 Å². The molecule has 1 saturated heterocycles. The highest BCUT2D eigenvalue weighted by Crippen LogP contribution is 2.21. The highest BCUT2D eigenvalue weighted by molar-refractivity contribution is 5.96. The summed E-state index contributed by atoms with van der Waals surface area (Å²) in [6.07, 6.45) is 5.09. The predicted molar refractivity (Wildman–Crippen MR) is 75.5 cm³/mol. The maximum Gasteiger partial charge on any atom is 0.335 e. The fraction of sp³-hybridized carbons (Fsp3) is 0.357. The van der Waals surface area contributed by atoms with Crippen LogP contribution >= 0.6 is 0 Å². The molecule has 6 nitrogen and oxygen atoms in total. The van der Waals surface area contributed by atoms with Gasteiger partial charge in [-0.15, -0.1) is 0 Å². The number of rotatable bonds is 3. The van der Waals surface area contributed by atoms with Crippen LogP contribution in [-0.4, -0.2) is 39.1 Å². The number of carbonyl (C=O) groups is 1. The summed E-state index contributed by atoms with van der Waals surface area (Å²) in [5.74, 6) is -0.218. The Morgan fingerprint density at radius 2 is 2.00 bits per heavy atom. The van der Waals surface area contributed by atoms with Gasteiger partial charge in [0.15, 0.2) is 5.82 Å². The van der Waals surface area contributed by atoms with Crippen molar-refractivity contribution in [3.8, 4) is 0 Å². The van der Waals surface area contributed by atoms with Crippen LogP contribution in [0, 0.1) is 0 Å². The number of piperidine rings is 1. The van der Waals surface area contributed by atoms with Crippen molar-refractivity contribution in [2.24, 2.45) is 0 Å². The van der Waals surface area contributed by atoms with Crippen molar-refractivity contribution in [2.45, 2.75) is 19.3 Å². The zero-order valence-electron chi connectivity index (χ0n) is 11.0. The van der Waals surface area contributed by atoms with Gasteiger partial charge in [-0.25, -0.2) is 19.8 Å². The standard InChI is InChI=1S/C14H16N4O2/c19-14(20)10-4-5-11-12(8-10)15-9-16-13(11)17-18-6-2-1-3-7-18/h4-5,8-9H,1-3,6-7H2,(H,19,20)(H,15,16,17). The molecule has 3 rings (SSSR count). The van der Waals surface area contributed by atoms with Crippen molar-refractivity contribution >= 4 is 22.7 Å². The quantitative estimate of drug-likeness (QED) is 0.891. The van der Waals surface area contributed by atoms with E-state index in [1.165, 1.54) is 25.6 Å². The smallest absolute Gasteiger partial charge is 0.335 e. The van der Waals surface area contributed by atoms with Crippen LogP contribution < -0.4 is 5.43 Å². The Labute approximate surface area is 116 Å². The van der Waals surface area contributed by atoms with E-state index in [2.05, 4.69) is 20.4 Å². The topological polar surface area (TPSA) is 78.4 Å². The summed E-state index contributed by atoms with van der Waals surface area (Å²) in [7, 11) is 0. The highest BCUT2D eigenvalue weighted by atomic mass is 16.4. The maximum atomic E-state index is 11.0. The first-order valence-electron chi connectivity index (χ1n) is 6.74. The van der Waals surface area contributed by atoms with Gasteiger partial charge in [0.25, 0.3) is 0 Å². The van der Waals surface area contributed by atoms with Crippen molar-refractivity contribution < 1.29 is 9.90 Å². The van der Waals surface area contributed by atoms with Crippen LogP contribution in [0.2, 0.25) is 0 Å². The Balaban J connectivity index is 1.92. The van der Waals surface area contributed by atoms with Crippen molar-refractivity contribution in [3.05, 3.63) is 30.1 Å². The number of hydrazine groups is 1. The molecule has 2 aromatic rings. The molecular weight excluding hydrogens is 256 g/mol. The van der Waals surface area contributed by atoms with Gasteiger partial charge in [0.1, 0.15) is 6.33 Å². The van der Waals surface area contributed by atoms with E-state index in [9.17, 15) is 4.79 Å². The molecule has 1 aliphatic heterocycles. The Morgan fingerprint density at radius 3 is 2.75 bits per heavy atom. The molecular formula is C14H16N4O2. The third-order valence-electron chi connectivity index (χ3n) is 3.50. The molecule has 0 amide bonds. The highest BCUT2D eigenvalue weighted by Gasteiger charge is 2.13. The number of nitrogens with one attached hydrogen (secondary N) is 1. The molecule has 0 aliphatic carbocycles. The SMILES string of the molecule is O=C(O)c1ccc2c(NN3CCCCC3)ncnc2c1. The maximum absolute atomic E-state index is 11.0. The van der Waals surface area contributed by atoms with Crippen LogP contribution in [0.1, 0.15) is 29.6 Å². The molecule has 2 N–H and O–H groups in total. The van der Waals surface area contributed by atoms with Crippen LogP contribution in [0.4, 0.5) is 5.82 Å². The zero-order valence-corrected chi connectivity index (χ0v) is 11.0. The molecule has 6 heteroatoms. The van der Waals surface area contributed by atoms with Gasteiger partial charge in [-0.1, -0.05) is 6.42 Å². The summed E-state index contributed by atoms with van der Waals surface area (Å²) in [5, 5.41) is 12.0. The minimum atomic E-state index is -0.948. The molecule has 0 radical (unpaired) electrons. The lowest BCUT2D eigenvalue weighted by atomic mass is 10.1. The Kier molecular flexibility index (Phi) is 3.47. The van der Waals surface area contributed by atoms with Crippen molar-refractivity contribution in [1.29, 1.82) is 0 Å². The number of hydrogen-bond donors (Lipinski definition) is 2. The second-order valence-corrected chi connectivity index (χ2v) is 4.92. The average Bonchev–Trinajstić information content (AvgIpc) is 2.48. The number of fused-ring (bicyclic) bond motifs is 1. The lowest BCUT2D eigenvalue weighted by molar-refractivity contribution is 0.0697. The summed E-state index contributed by atoms with van der Waals surface area (Å²) in [4.78, 5) is 19.4. The largest absolute Gasteiger partial charge is 0.478 e. The number of anilines is 1. The first-order chi connectivity index (χ1) is 9.74. The van der Waals surface area contributed by atoms with E-state index in [4.69, 9.17) is 5.11 Å². The Bertz CT molecular complexity index is 638. The minimum Gasteiger partial charge on any atom is -0.478 e. The second kappa shape index (κ2) is 5.42. The third-order valence-corrected chi connectivity index (χ3v) is 3.50. The Hall–Kier alpha value is -2.21. The van der Waals surface area contributed by atoms with Crippen LogP contribution in [0.25, 0.3) is 10.9 Å². The molecule has 1 fully saturated rings. The van der Waals surface area contributed by atoms with E-state index >= 15 is 0 Å². The molecule has 104 valence electrons. The predicted octanol–water partition coefficient (Wildman–Crippen LogP) is 2.14. The number of aromatic carboxylic acids is 1. The number of carboxylic acids is 1. The number of aromatic nitrogens is 2. The van der Waals surface area contributed by atoms with Gasteiger partial charge in [-0.2, -0.15) is 0 Å². The first kappa shape index (κ1) is 12.8. The summed E-state index contributed by atoms with van der Waals surface area (Å²) < 4.78 is 0. The van der Waals surface area contributed by atoms with Gasteiger partial charge in [0.2, 0.25) is 0 Å². The van der Waals surface area contributed by atoms with Crippen LogP contribution in [0.3, 0.4) is 0 Å². The van der Waals surface area contributed by atoms with E-state index in [-0.39, 0.29) is 5.56 Å². The van der Waals surface area contributed by atoms with E-state index in [1.807, 2.05) is 0 Å². The van der Waals surface area contributed by atoms with Crippen molar-refractivity contribution in [3.63, 3.8) is 0 Å². The number of nitrogens with zero attached hydrogens (tertiary/aromatic N) is 3. The van der Waals surface area contributed by atoms with Crippen LogP contribution in [0.5, 0.6) is 0 Å². The number of benzene rings is 1. The van der Waals surface area contributed by atoms with Crippen LogP contribution in [0.15, 0.2) is 24.5 Å². The zero-order chi connectivity index (χ0) is 13.9. The third kappa shape index (κ3) is 2.55. The minimum absolute atomic E-state index is 0.236. The lowest BCUT2D eigenvalue weighted by Crippen LogP contribution is -2.35. The molecule has 1 aromatic heterocycles. The molecule has 0 bridgehead atoms. The molecule has 2 heterocycles. The van der Waals surface area contributed by atoms with E-state index in [0.717, 1.165) is 24.3 Å². The lowest BCUT2D eigenvalue weighted by Gasteiger charge is -2.27. The molecule has 1 aromatic carbocycles. The molecule has 0 saturated carbocycles. The van der Waals surface area contributed by atoms with Crippen molar-refractivity contribution in [2.75, 3.05) is 18.5 Å². The van der Waals surface area contributed by atoms with Crippen molar-refractivity contribution in [1.82, 2.24) is 15.0 Å². The van der Waals surface area contributed by atoms with Gasteiger partial charge in [-0.05, 0) is 31.0 Å². The number of carboxylic acid groups (broad SMARTS) is 1. The van der Waals surface area contributed by atoms with E-state index in [0.29, 0.717) is 5.52 Å². The normalized spacial score (nSPS) is 16.2. The van der Waals surface area contributed by atoms with Gasteiger partial charge < -0.3 is 10.5 Å². The fourth-order valence-corrected chi connectivity index (χ4v) is 2.43. The molecule has 0 atom stereocenters. The Morgan fingerprint density at radius 1 is 1.20 bits per heavy atom. The molecule has 1 aliphatic rings. The molecule has 20 heavy (non-hydrogen) atoms. The van der Waals surface area contributed by atoms with Gasteiger partial charge in [0.05, 0.1) is 11.1 Å². The van der Waals surface area contributed by atoms with Gasteiger partial charge >= 0.3 is 5.97 Å². The summed E-state index contributed by atoms with van der Waals surface area (Å²) >= 11 is 0. The fourth-order valence-electron chi connectivity index (χ4n) is 2.43. The summed E-state index contributed by atoms with van der Waals surface area (Å²) in [6, 6.07) is 4.90. The van der Waals surface area contributed by atoms with E-state index in [1.54, 1.807) is 18.2 Å². The monoisotopic (exact) mass is 272 g/mol. The average molecular weight is 272 g/mol. The first-order valence-corrected chi connectivity index (χ1v) is 6.74. The molecule has 0 unspecified atom stereocenters. The van der Waals surface area contributed by atoms with Gasteiger partial charge in [0, 0.05) is 18.5 Å². The summed E-state index contributed by atoms with van der Waals surface area (Å²) in [6.45, 7) is 2.00. The van der Waals surface area contributed by atoms with E-state index < -0.39 is 5.97 Å². The number of hydrogen-bond acceptors (Lipinski definition) is 5. The summed E-state index contributed by atoms with van der Waals surface area (Å²) in [5.41, 5.74) is 4.18. The molecule has 0 spiro atoms. The van der Waals surface area contributed by atoms with Crippen LogP contribution in [-0.2, 0) is 0 Å².